The first-order valence-corrected chi connectivity index (χ1v) is 5.86. The van der Waals surface area contributed by atoms with Gasteiger partial charge in [0, 0.05) is 39.4 Å². The van der Waals surface area contributed by atoms with Crippen LogP contribution in [0, 0.1) is 0 Å². The van der Waals surface area contributed by atoms with Crippen molar-refractivity contribution in [3.63, 3.8) is 0 Å². The number of hydrogen-bond acceptors (Lipinski definition) is 4. The Kier molecular flexibility index (Phi) is 6.92. The van der Waals surface area contributed by atoms with Crippen molar-refractivity contribution in [2.24, 2.45) is 0 Å². The van der Waals surface area contributed by atoms with Gasteiger partial charge >= 0.3 is 0 Å². The Morgan fingerprint density at radius 1 is 1.40 bits per heavy atom. The van der Waals surface area contributed by atoms with Gasteiger partial charge in [-0.1, -0.05) is 0 Å². The fourth-order valence-corrected chi connectivity index (χ4v) is 1.80. The molecule has 1 atom stereocenters. The Hall–Kier alpha value is -0.160. The smallest absolute Gasteiger partial charge is 0.0594 e. The number of ether oxygens (including phenoxy) is 2. The van der Waals surface area contributed by atoms with E-state index >= 15 is 0 Å². The molecule has 1 aliphatic rings. The van der Waals surface area contributed by atoms with E-state index in [1.807, 2.05) is 0 Å². The Labute approximate surface area is 92.9 Å². The van der Waals surface area contributed by atoms with Gasteiger partial charge in [-0.25, -0.2) is 0 Å². The fraction of sp³-hybridized carbons (Fsp3) is 1.00. The summed E-state index contributed by atoms with van der Waals surface area (Å²) in [6.07, 6.45) is 1.09. The molecule has 0 radical (unpaired) electrons. The van der Waals surface area contributed by atoms with Crippen molar-refractivity contribution in [3.8, 4) is 0 Å². The Morgan fingerprint density at radius 2 is 2.13 bits per heavy atom. The predicted molar refractivity (Wildman–Crippen MR) is 61.2 cm³/mol. The van der Waals surface area contributed by atoms with Gasteiger partial charge in [0.05, 0.1) is 13.2 Å². The van der Waals surface area contributed by atoms with Crippen LogP contribution in [0.2, 0.25) is 0 Å². The monoisotopic (exact) mass is 216 g/mol. The third kappa shape index (κ3) is 5.47. The van der Waals surface area contributed by atoms with Crippen LogP contribution in [0.3, 0.4) is 0 Å². The first kappa shape index (κ1) is 12.9. The number of rotatable bonds is 7. The van der Waals surface area contributed by atoms with E-state index in [1.165, 1.54) is 0 Å². The molecular formula is C11H24N2O2. The summed E-state index contributed by atoms with van der Waals surface area (Å²) < 4.78 is 10.3. The summed E-state index contributed by atoms with van der Waals surface area (Å²) in [6, 6.07) is 0.608. The standard InChI is InChI=1S/C11H24N2O2/c1-11(10-12-4-3-7-14-2)13-5-8-15-9-6-13/h11-12H,3-10H2,1-2H3. The molecule has 1 N–H and O–H groups in total. The van der Waals surface area contributed by atoms with E-state index < -0.39 is 0 Å². The lowest BCUT2D eigenvalue weighted by atomic mass is 10.2. The molecule has 0 bridgehead atoms. The molecule has 1 fully saturated rings. The third-order valence-corrected chi connectivity index (χ3v) is 2.81. The Morgan fingerprint density at radius 3 is 2.80 bits per heavy atom. The topological polar surface area (TPSA) is 33.7 Å². The van der Waals surface area contributed by atoms with Gasteiger partial charge < -0.3 is 14.8 Å². The van der Waals surface area contributed by atoms with Crippen molar-refractivity contribution in [2.45, 2.75) is 19.4 Å². The van der Waals surface area contributed by atoms with Gasteiger partial charge in [-0.15, -0.1) is 0 Å². The SMILES string of the molecule is COCCCNCC(C)N1CCOCC1. The minimum Gasteiger partial charge on any atom is -0.385 e. The van der Waals surface area contributed by atoms with Crippen LogP contribution < -0.4 is 5.32 Å². The fourth-order valence-electron chi connectivity index (χ4n) is 1.80. The summed E-state index contributed by atoms with van der Waals surface area (Å²) in [5.74, 6) is 0. The van der Waals surface area contributed by atoms with Crippen molar-refractivity contribution in [3.05, 3.63) is 0 Å². The van der Waals surface area contributed by atoms with Crippen LogP contribution in [0.5, 0.6) is 0 Å². The highest BCUT2D eigenvalue weighted by molar-refractivity contribution is 4.71. The Bertz CT molecular complexity index is 150. The predicted octanol–water partition coefficient (Wildman–Crippen LogP) is 0.333. The van der Waals surface area contributed by atoms with Crippen molar-refractivity contribution in [1.29, 1.82) is 0 Å². The van der Waals surface area contributed by atoms with Crippen molar-refractivity contribution in [1.82, 2.24) is 10.2 Å². The molecule has 1 unspecified atom stereocenters. The molecule has 0 saturated carbocycles. The van der Waals surface area contributed by atoms with Crippen LogP contribution >= 0.6 is 0 Å². The molecule has 0 spiro atoms. The molecule has 0 amide bonds. The quantitative estimate of drug-likeness (QED) is 0.622. The summed E-state index contributed by atoms with van der Waals surface area (Å²) in [6.45, 7) is 9.13. The zero-order valence-corrected chi connectivity index (χ0v) is 10.00. The number of morpholine rings is 1. The van der Waals surface area contributed by atoms with Gasteiger partial charge in [0.2, 0.25) is 0 Å². The van der Waals surface area contributed by atoms with E-state index in [4.69, 9.17) is 9.47 Å². The second-order valence-corrected chi connectivity index (χ2v) is 4.05. The van der Waals surface area contributed by atoms with Crippen LogP contribution in [0.1, 0.15) is 13.3 Å². The van der Waals surface area contributed by atoms with Crippen molar-refractivity contribution in [2.75, 3.05) is 53.1 Å². The third-order valence-electron chi connectivity index (χ3n) is 2.81. The zero-order valence-electron chi connectivity index (χ0n) is 10.00. The molecule has 0 aliphatic carbocycles. The molecule has 0 aromatic heterocycles. The van der Waals surface area contributed by atoms with E-state index in [0.29, 0.717) is 6.04 Å². The molecule has 1 saturated heterocycles. The van der Waals surface area contributed by atoms with Crippen molar-refractivity contribution < 1.29 is 9.47 Å². The largest absolute Gasteiger partial charge is 0.385 e. The van der Waals surface area contributed by atoms with E-state index in [9.17, 15) is 0 Å². The lowest BCUT2D eigenvalue weighted by Gasteiger charge is -2.32. The molecule has 4 heteroatoms. The lowest BCUT2D eigenvalue weighted by Crippen LogP contribution is -2.46. The highest BCUT2D eigenvalue weighted by atomic mass is 16.5. The minimum atomic E-state index is 0.608. The van der Waals surface area contributed by atoms with E-state index in [0.717, 1.165) is 52.4 Å². The highest BCUT2D eigenvalue weighted by Gasteiger charge is 2.15. The van der Waals surface area contributed by atoms with Crippen LogP contribution in [0.15, 0.2) is 0 Å². The first-order chi connectivity index (χ1) is 7.34. The van der Waals surface area contributed by atoms with Crippen LogP contribution in [0.4, 0.5) is 0 Å². The second kappa shape index (κ2) is 8.05. The molecular weight excluding hydrogens is 192 g/mol. The molecule has 15 heavy (non-hydrogen) atoms. The van der Waals surface area contributed by atoms with Gasteiger partial charge in [-0.3, -0.25) is 4.90 Å². The van der Waals surface area contributed by atoms with E-state index in [2.05, 4.69) is 17.1 Å². The first-order valence-electron chi connectivity index (χ1n) is 5.86. The maximum absolute atomic E-state index is 5.33. The summed E-state index contributed by atoms with van der Waals surface area (Å²) in [4.78, 5) is 2.48. The molecule has 0 aromatic rings. The summed E-state index contributed by atoms with van der Waals surface area (Å²) >= 11 is 0. The second-order valence-electron chi connectivity index (χ2n) is 4.05. The van der Waals surface area contributed by atoms with E-state index in [-0.39, 0.29) is 0 Å². The number of methoxy groups -OCH3 is 1. The maximum atomic E-state index is 5.33. The van der Waals surface area contributed by atoms with Gasteiger partial charge in [0.25, 0.3) is 0 Å². The number of hydrogen-bond donors (Lipinski definition) is 1. The summed E-state index contributed by atoms with van der Waals surface area (Å²) in [5, 5.41) is 3.45. The average Bonchev–Trinajstić information content (AvgIpc) is 2.30. The van der Waals surface area contributed by atoms with E-state index in [1.54, 1.807) is 7.11 Å². The molecule has 1 rings (SSSR count). The van der Waals surface area contributed by atoms with Crippen LogP contribution in [-0.4, -0.2) is 64.1 Å². The van der Waals surface area contributed by atoms with Crippen LogP contribution in [0.25, 0.3) is 0 Å². The average molecular weight is 216 g/mol. The minimum absolute atomic E-state index is 0.608. The maximum Gasteiger partial charge on any atom is 0.0594 e. The number of nitrogens with one attached hydrogen (secondary N) is 1. The lowest BCUT2D eigenvalue weighted by molar-refractivity contribution is 0.0203. The molecule has 1 aliphatic heterocycles. The molecule has 90 valence electrons. The summed E-state index contributed by atoms with van der Waals surface area (Å²) in [5.41, 5.74) is 0. The molecule has 1 heterocycles. The van der Waals surface area contributed by atoms with Gasteiger partial charge in [-0.2, -0.15) is 0 Å². The van der Waals surface area contributed by atoms with Crippen LogP contribution in [-0.2, 0) is 9.47 Å². The number of nitrogens with zero attached hydrogens (tertiary/aromatic N) is 1. The Balaban J connectivity index is 1.99. The highest BCUT2D eigenvalue weighted by Crippen LogP contribution is 2.02. The normalized spacial score (nSPS) is 20.4. The molecule has 4 nitrogen and oxygen atoms in total. The summed E-state index contributed by atoms with van der Waals surface area (Å²) in [7, 11) is 1.75. The zero-order chi connectivity index (χ0) is 10.9. The van der Waals surface area contributed by atoms with Gasteiger partial charge in [0.1, 0.15) is 0 Å². The van der Waals surface area contributed by atoms with Crippen molar-refractivity contribution >= 4 is 0 Å². The van der Waals surface area contributed by atoms with Gasteiger partial charge in [0.15, 0.2) is 0 Å². The van der Waals surface area contributed by atoms with Gasteiger partial charge in [-0.05, 0) is 19.9 Å². The molecule has 0 aromatic carbocycles.